The van der Waals surface area contributed by atoms with E-state index in [4.69, 9.17) is 9.47 Å². The molecular weight excluding hydrogens is 366 g/mol. The van der Waals surface area contributed by atoms with Gasteiger partial charge in [-0.15, -0.1) is 5.10 Å². The Morgan fingerprint density at radius 1 is 1.19 bits per heavy atom. The van der Waals surface area contributed by atoms with Gasteiger partial charge in [0.1, 0.15) is 13.2 Å². The second-order valence-corrected chi connectivity index (χ2v) is 7.12. The molecule has 1 atom stereocenters. The standard InChI is InChI=1S/C18H17N5O3S/c1-11(27-18-21-16(22-23-18)12-4-6-19-7-5-12)17(24)20-13-2-3-14-15(10-13)26-9-8-25-14/h2-7,10-11H,8-9H2,1H3,(H,20,24)(H,21,22,23)/t11-/m1/s1. The fraction of sp³-hybridized carbons (Fsp3) is 0.222. The van der Waals surface area contributed by atoms with Crippen molar-refractivity contribution in [1.29, 1.82) is 0 Å². The third kappa shape index (κ3) is 4.03. The molecule has 0 unspecified atom stereocenters. The highest BCUT2D eigenvalue weighted by Gasteiger charge is 2.19. The molecular formula is C18H17N5O3S. The Bertz CT molecular complexity index is 947. The number of H-pyrrole nitrogens is 1. The van der Waals surface area contributed by atoms with Crippen molar-refractivity contribution < 1.29 is 14.3 Å². The molecule has 0 saturated carbocycles. The number of aromatic amines is 1. The van der Waals surface area contributed by atoms with Gasteiger partial charge in [0.05, 0.1) is 5.25 Å². The van der Waals surface area contributed by atoms with Gasteiger partial charge in [-0.1, -0.05) is 11.8 Å². The molecule has 3 heterocycles. The first-order valence-corrected chi connectivity index (χ1v) is 9.27. The number of nitrogens with zero attached hydrogens (tertiary/aromatic N) is 3. The summed E-state index contributed by atoms with van der Waals surface area (Å²) in [6, 6.07) is 9.02. The second kappa shape index (κ2) is 7.67. The van der Waals surface area contributed by atoms with Gasteiger partial charge in [0, 0.05) is 29.7 Å². The molecule has 3 aromatic rings. The summed E-state index contributed by atoms with van der Waals surface area (Å²) in [7, 11) is 0. The maximum absolute atomic E-state index is 12.5. The molecule has 138 valence electrons. The minimum absolute atomic E-state index is 0.146. The van der Waals surface area contributed by atoms with E-state index in [2.05, 4.69) is 25.5 Å². The maximum atomic E-state index is 12.5. The van der Waals surface area contributed by atoms with Crippen LogP contribution in [0, 0.1) is 0 Å². The smallest absolute Gasteiger partial charge is 0.237 e. The van der Waals surface area contributed by atoms with Crippen LogP contribution in [0.15, 0.2) is 47.9 Å². The van der Waals surface area contributed by atoms with Crippen molar-refractivity contribution in [3.63, 3.8) is 0 Å². The van der Waals surface area contributed by atoms with Crippen LogP contribution in [-0.2, 0) is 4.79 Å². The molecule has 0 fully saturated rings. The number of hydrogen-bond acceptors (Lipinski definition) is 7. The molecule has 1 aromatic carbocycles. The quantitative estimate of drug-likeness (QED) is 0.653. The Hall–Kier alpha value is -3.07. The van der Waals surface area contributed by atoms with E-state index in [9.17, 15) is 4.79 Å². The summed E-state index contributed by atoms with van der Waals surface area (Å²) in [4.78, 5) is 20.9. The van der Waals surface area contributed by atoms with E-state index in [-0.39, 0.29) is 11.2 Å². The number of fused-ring (bicyclic) bond motifs is 1. The normalized spacial score (nSPS) is 13.8. The average molecular weight is 383 g/mol. The number of benzene rings is 1. The number of thioether (sulfide) groups is 1. The van der Waals surface area contributed by atoms with Gasteiger partial charge in [-0.05, 0) is 31.2 Å². The summed E-state index contributed by atoms with van der Waals surface area (Å²) in [6.07, 6.45) is 3.38. The third-order valence-corrected chi connectivity index (χ3v) is 4.84. The number of aromatic nitrogens is 4. The minimum Gasteiger partial charge on any atom is -0.486 e. The lowest BCUT2D eigenvalue weighted by Gasteiger charge is -2.19. The molecule has 9 heteroatoms. The topological polar surface area (TPSA) is 102 Å². The number of hydrogen-bond donors (Lipinski definition) is 2. The van der Waals surface area contributed by atoms with Gasteiger partial charge in [-0.2, -0.15) is 0 Å². The Balaban J connectivity index is 1.39. The van der Waals surface area contributed by atoms with Crippen LogP contribution in [0.2, 0.25) is 0 Å². The molecule has 1 amide bonds. The number of carbonyl (C=O) groups excluding carboxylic acids is 1. The molecule has 0 spiro atoms. The van der Waals surface area contributed by atoms with Crippen molar-refractivity contribution in [2.24, 2.45) is 0 Å². The summed E-state index contributed by atoms with van der Waals surface area (Å²) in [6.45, 7) is 2.84. The molecule has 2 N–H and O–H groups in total. The van der Waals surface area contributed by atoms with Crippen LogP contribution in [0.1, 0.15) is 6.92 Å². The van der Waals surface area contributed by atoms with E-state index in [1.807, 2.05) is 12.1 Å². The molecule has 1 aliphatic rings. The van der Waals surface area contributed by atoms with Crippen LogP contribution < -0.4 is 14.8 Å². The van der Waals surface area contributed by atoms with E-state index in [1.165, 1.54) is 11.8 Å². The average Bonchev–Trinajstić information content (AvgIpc) is 3.17. The summed E-state index contributed by atoms with van der Waals surface area (Å²) in [5, 5.41) is 10.1. The van der Waals surface area contributed by atoms with E-state index in [0.29, 0.717) is 41.4 Å². The largest absolute Gasteiger partial charge is 0.486 e. The van der Waals surface area contributed by atoms with Crippen molar-refractivity contribution in [1.82, 2.24) is 20.2 Å². The van der Waals surface area contributed by atoms with E-state index >= 15 is 0 Å². The highest BCUT2D eigenvalue weighted by atomic mass is 32.2. The van der Waals surface area contributed by atoms with Crippen molar-refractivity contribution in [3.05, 3.63) is 42.7 Å². The zero-order valence-corrected chi connectivity index (χ0v) is 15.3. The van der Waals surface area contributed by atoms with Gasteiger partial charge in [0.15, 0.2) is 17.3 Å². The summed E-state index contributed by atoms with van der Waals surface area (Å²) in [5.41, 5.74) is 1.54. The molecule has 0 radical (unpaired) electrons. The number of rotatable bonds is 5. The molecule has 2 aromatic heterocycles. The SMILES string of the molecule is C[C@@H](Sc1n[nH]c(-c2ccncc2)n1)C(=O)Nc1ccc2c(c1)OCCO2. The second-order valence-electron chi connectivity index (χ2n) is 5.81. The van der Waals surface area contributed by atoms with Crippen LogP contribution >= 0.6 is 11.8 Å². The van der Waals surface area contributed by atoms with Gasteiger partial charge in [-0.3, -0.25) is 14.9 Å². The highest BCUT2D eigenvalue weighted by molar-refractivity contribution is 8.00. The van der Waals surface area contributed by atoms with Crippen molar-refractivity contribution in [2.75, 3.05) is 18.5 Å². The molecule has 0 aliphatic carbocycles. The number of pyridine rings is 1. The van der Waals surface area contributed by atoms with Crippen LogP contribution in [-0.4, -0.2) is 44.5 Å². The molecule has 8 nitrogen and oxygen atoms in total. The maximum Gasteiger partial charge on any atom is 0.237 e. The Kier molecular flexibility index (Phi) is 4.93. The predicted molar refractivity (Wildman–Crippen MR) is 101 cm³/mol. The van der Waals surface area contributed by atoms with Crippen LogP contribution in [0.25, 0.3) is 11.4 Å². The first-order chi connectivity index (χ1) is 13.2. The number of carbonyl (C=O) groups is 1. The fourth-order valence-corrected chi connectivity index (χ4v) is 3.24. The number of ether oxygens (including phenoxy) is 2. The third-order valence-electron chi connectivity index (χ3n) is 3.88. The summed E-state index contributed by atoms with van der Waals surface area (Å²) in [5.74, 6) is 1.81. The van der Waals surface area contributed by atoms with Gasteiger partial charge < -0.3 is 14.8 Å². The Morgan fingerprint density at radius 3 is 2.78 bits per heavy atom. The Morgan fingerprint density at radius 2 is 1.96 bits per heavy atom. The van der Waals surface area contributed by atoms with Crippen molar-refractivity contribution >= 4 is 23.4 Å². The number of nitrogens with one attached hydrogen (secondary N) is 2. The highest BCUT2D eigenvalue weighted by Crippen LogP contribution is 2.33. The number of anilines is 1. The van der Waals surface area contributed by atoms with Crippen molar-refractivity contribution in [3.8, 4) is 22.9 Å². The first-order valence-electron chi connectivity index (χ1n) is 8.39. The van der Waals surface area contributed by atoms with Crippen LogP contribution in [0.5, 0.6) is 11.5 Å². The van der Waals surface area contributed by atoms with Gasteiger partial charge >= 0.3 is 0 Å². The summed E-state index contributed by atoms with van der Waals surface area (Å²) >= 11 is 1.28. The fourth-order valence-electron chi connectivity index (χ4n) is 2.51. The van der Waals surface area contributed by atoms with E-state index < -0.39 is 0 Å². The lowest BCUT2D eigenvalue weighted by molar-refractivity contribution is -0.115. The molecule has 0 bridgehead atoms. The van der Waals surface area contributed by atoms with E-state index in [1.54, 1.807) is 37.5 Å². The lowest BCUT2D eigenvalue weighted by atomic mass is 10.2. The molecule has 27 heavy (non-hydrogen) atoms. The lowest BCUT2D eigenvalue weighted by Crippen LogP contribution is -2.23. The van der Waals surface area contributed by atoms with Crippen LogP contribution in [0.4, 0.5) is 5.69 Å². The minimum atomic E-state index is -0.376. The molecule has 0 saturated heterocycles. The van der Waals surface area contributed by atoms with Gasteiger partial charge in [0.25, 0.3) is 0 Å². The van der Waals surface area contributed by atoms with Gasteiger partial charge in [0.2, 0.25) is 11.1 Å². The van der Waals surface area contributed by atoms with Crippen LogP contribution in [0.3, 0.4) is 0 Å². The Labute approximate surface area is 159 Å². The predicted octanol–water partition coefficient (Wildman–Crippen LogP) is 2.76. The van der Waals surface area contributed by atoms with E-state index in [0.717, 1.165) is 5.56 Å². The van der Waals surface area contributed by atoms with Crippen molar-refractivity contribution in [2.45, 2.75) is 17.3 Å². The number of amides is 1. The zero-order chi connectivity index (χ0) is 18.6. The summed E-state index contributed by atoms with van der Waals surface area (Å²) < 4.78 is 11.0. The first kappa shape index (κ1) is 17.3. The van der Waals surface area contributed by atoms with Gasteiger partial charge in [-0.25, -0.2) is 4.98 Å². The zero-order valence-electron chi connectivity index (χ0n) is 14.5. The molecule has 1 aliphatic heterocycles. The monoisotopic (exact) mass is 383 g/mol. The molecule has 4 rings (SSSR count).